The second-order valence-electron chi connectivity index (χ2n) is 7.19. The fourth-order valence-electron chi connectivity index (χ4n) is 3.77. The van der Waals surface area contributed by atoms with Gasteiger partial charge in [-0.1, -0.05) is 13.8 Å². The Hall–Kier alpha value is -1.10. The number of carboxylic acids is 1. The molecule has 0 aromatic heterocycles. The Balaban J connectivity index is 1.73. The molecule has 0 aromatic rings. The van der Waals surface area contributed by atoms with Crippen molar-refractivity contribution >= 4 is 11.9 Å². The molecule has 3 saturated carbocycles. The van der Waals surface area contributed by atoms with E-state index < -0.39 is 16.9 Å². The van der Waals surface area contributed by atoms with Gasteiger partial charge in [-0.15, -0.1) is 0 Å². The zero-order valence-corrected chi connectivity index (χ0v) is 12.4. The van der Waals surface area contributed by atoms with Gasteiger partial charge in [-0.2, -0.15) is 0 Å². The highest BCUT2D eigenvalue weighted by Gasteiger charge is 2.70. The third-order valence-corrected chi connectivity index (χ3v) is 5.86. The van der Waals surface area contributed by atoms with Gasteiger partial charge < -0.3 is 15.2 Å². The summed E-state index contributed by atoms with van der Waals surface area (Å²) in [4.78, 5) is 24.1. The normalized spacial score (nSPS) is 39.0. The second kappa shape index (κ2) is 3.97. The minimum atomic E-state index is -1.18. The Morgan fingerprint density at radius 1 is 1.30 bits per heavy atom. The van der Waals surface area contributed by atoms with E-state index in [0.29, 0.717) is 13.0 Å². The Morgan fingerprint density at radius 2 is 1.95 bits per heavy atom. The first-order valence-electron chi connectivity index (χ1n) is 7.46. The molecule has 3 aliphatic carbocycles. The van der Waals surface area contributed by atoms with Gasteiger partial charge in [0, 0.05) is 24.4 Å². The van der Waals surface area contributed by atoms with Gasteiger partial charge in [-0.3, -0.25) is 4.79 Å². The standard InChI is InChI=1S/C15H23NO4/c1-4-20-10-8-15(12(18)19,13(10,2)3)16-11(17)9-7-14(9)5-6-14/h9-10H,4-8H2,1-3H3,(H,16,17)(H,18,19). The number of hydrogen-bond acceptors (Lipinski definition) is 3. The van der Waals surface area contributed by atoms with Crippen molar-refractivity contribution in [2.75, 3.05) is 6.61 Å². The molecule has 0 saturated heterocycles. The van der Waals surface area contributed by atoms with Gasteiger partial charge in [0.05, 0.1) is 6.10 Å². The van der Waals surface area contributed by atoms with E-state index in [9.17, 15) is 14.7 Å². The van der Waals surface area contributed by atoms with Gasteiger partial charge in [0.15, 0.2) is 0 Å². The van der Waals surface area contributed by atoms with Crippen molar-refractivity contribution in [2.24, 2.45) is 16.7 Å². The van der Waals surface area contributed by atoms with Crippen molar-refractivity contribution in [2.45, 2.75) is 58.1 Å². The minimum Gasteiger partial charge on any atom is -0.479 e. The lowest BCUT2D eigenvalue weighted by Gasteiger charge is -2.58. The molecule has 0 aliphatic heterocycles. The van der Waals surface area contributed by atoms with E-state index in [1.807, 2.05) is 20.8 Å². The quantitative estimate of drug-likeness (QED) is 0.802. The van der Waals surface area contributed by atoms with Crippen LogP contribution in [-0.2, 0) is 14.3 Å². The number of nitrogens with one attached hydrogen (secondary N) is 1. The molecule has 0 bridgehead atoms. The van der Waals surface area contributed by atoms with E-state index in [0.717, 1.165) is 19.3 Å². The summed E-state index contributed by atoms with van der Waals surface area (Å²) in [6.07, 6.45) is 3.42. The van der Waals surface area contributed by atoms with Gasteiger partial charge in [0.1, 0.15) is 5.54 Å². The van der Waals surface area contributed by atoms with Crippen LogP contribution in [0.1, 0.15) is 46.5 Å². The van der Waals surface area contributed by atoms with Crippen LogP contribution in [-0.4, -0.2) is 35.2 Å². The van der Waals surface area contributed by atoms with E-state index in [1.54, 1.807) is 0 Å². The maximum Gasteiger partial charge on any atom is 0.330 e. The lowest BCUT2D eigenvalue weighted by atomic mass is 9.54. The zero-order valence-electron chi connectivity index (χ0n) is 12.4. The lowest BCUT2D eigenvalue weighted by Crippen LogP contribution is -2.76. The predicted octanol–water partition coefficient (Wildman–Crippen LogP) is 1.56. The molecule has 20 heavy (non-hydrogen) atoms. The smallest absolute Gasteiger partial charge is 0.330 e. The number of ether oxygens (including phenoxy) is 1. The molecule has 5 heteroatoms. The van der Waals surface area contributed by atoms with Crippen LogP contribution in [0.2, 0.25) is 0 Å². The van der Waals surface area contributed by atoms with E-state index in [2.05, 4.69) is 5.32 Å². The van der Waals surface area contributed by atoms with Crippen molar-refractivity contribution in [1.82, 2.24) is 5.32 Å². The van der Waals surface area contributed by atoms with E-state index in [1.165, 1.54) is 0 Å². The molecule has 3 rings (SSSR count). The molecule has 0 heterocycles. The second-order valence-corrected chi connectivity index (χ2v) is 7.19. The average Bonchev–Trinajstić information content (AvgIpc) is 3.28. The molecule has 112 valence electrons. The molecule has 0 aromatic carbocycles. The van der Waals surface area contributed by atoms with Crippen molar-refractivity contribution in [1.29, 1.82) is 0 Å². The summed E-state index contributed by atoms with van der Waals surface area (Å²) in [6, 6.07) is 0. The molecular weight excluding hydrogens is 258 g/mol. The number of carbonyl (C=O) groups is 2. The van der Waals surface area contributed by atoms with Gasteiger partial charge in [-0.25, -0.2) is 4.79 Å². The molecular formula is C15H23NO4. The summed E-state index contributed by atoms with van der Waals surface area (Å²) in [7, 11) is 0. The fraction of sp³-hybridized carbons (Fsp3) is 0.867. The van der Waals surface area contributed by atoms with E-state index in [4.69, 9.17) is 4.74 Å². The summed E-state index contributed by atoms with van der Waals surface area (Å²) < 4.78 is 5.59. The highest BCUT2D eigenvalue weighted by Crippen LogP contribution is 2.70. The first-order valence-corrected chi connectivity index (χ1v) is 7.46. The van der Waals surface area contributed by atoms with Crippen LogP contribution in [0.4, 0.5) is 0 Å². The first kappa shape index (κ1) is 13.9. The molecule has 3 aliphatic rings. The summed E-state index contributed by atoms with van der Waals surface area (Å²) in [5.41, 5.74) is -1.52. The summed E-state index contributed by atoms with van der Waals surface area (Å²) in [5.74, 6) is -0.981. The van der Waals surface area contributed by atoms with Gasteiger partial charge in [-0.05, 0) is 31.6 Å². The van der Waals surface area contributed by atoms with Gasteiger partial charge >= 0.3 is 5.97 Å². The number of carboxylic acid groups (broad SMARTS) is 1. The molecule has 2 N–H and O–H groups in total. The SMILES string of the molecule is CCOC1CC(NC(=O)C2CC23CC3)(C(=O)O)C1(C)C. The third kappa shape index (κ3) is 1.65. The van der Waals surface area contributed by atoms with Crippen molar-refractivity contribution in [3.63, 3.8) is 0 Å². The Kier molecular flexibility index (Phi) is 2.75. The number of hydrogen-bond donors (Lipinski definition) is 2. The van der Waals surface area contributed by atoms with Crippen LogP contribution in [0.5, 0.6) is 0 Å². The molecule has 1 spiro atoms. The minimum absolute atomic E-state index is 0.0423. The lowest BCUT2D eigenvalue weighted by molar-refractivity contribution is -0.194. The van der Waals surface area contributed by atoms with Crippen LogP contribution in [0, 0.1) is 16.7 Å². The first-order chi connectivity index (χ1) is 9.29. The van der Waals surface area contributed by atoms with Gasteiger partial charge in [0.2, 0.25) is 5.91 Å². The molecule has 5 nitrogen and oxygen atoms in total. The van der Waals surface area contributed by atoms with Crippen LogP contribution < -0.4 is 5.32 Å². The Morgan fingerprint density at radius 3 is 2.35 bits per heavy atom. The molecule has 1 amide bonds. The highest BCUT2D eigenvalue weighted by molar-refractivity contribution is 5.92. The molecule has 0 radical (unpaired) electrons. The zero-order chi connectivity index (χ0) is 14.8. The number of amides is 1. The number of rotatable bonds is 5. The molecule has 3 unspecified atom stereocenters. The average molecular weight is 281 g/mol. The fourth-order valence-corrected chi connectivity index (χ4v) is 3.77. The molecule has 3 atom stereocenters. The topological polar surface area (TPSA) is 75.6 Å². The van der Waals surface area contributed by atoms with Crippen LogP contribution in [0.25, 0.3) is 0 Å². The monoisotopic (exact) mass is 281 g/mol. The predicted molar refractivity (Wildman–Crippen MR) is 72.1 cm³/mol. The highest BCUT2D eigenvalue weighted by atomic mass is 16.5. The van der Waals surface area contributed by atoms with Gasteiger partial charge in [0.25, 0.3) is 0 Å². The Labute approximate surface area is 119 Å². The Bertz CT molecular complexity index is 468. The third-order valence-electron chi connectivity index (χ3n) is 5.86. The van der Waals surface area contributed by atoms with Crippen molar-refractivity contribution < 1.29 is 19.4 Å². The van der Waals surface area contributed by atoms with Crippen LogP contribution in [0.15, 0.2) is 0 Å². The van der Waals surface area contributed by atoms with E-state index in [-0.39, 0.29) is 23.3 Å². The van der Waals surface area contributed by atoms with Crippen molar-refractivity contribution in [3.8, 4) is 0 Å². The largest absolute Gasteiger partial charge is 0.479 e. The van der Waals surface area contributed by atoms with E-state index >= 15 is 0 Å². The summed E-state index contributed by atoms with van der Waals surface area (Å²) in [6.45, 7) is 6.19. The number of carbonyl (C=O) groups excluding carboxylic acids is 1. The summed E-state index contributed by atoms with van der Waals surface area (Å²) in [5, 5.41) is 12.5. The van der Waals surface area contributed by atoms with Crippen LogP contribution in [0.3, 0.4) is 0 Å². The molecule has 3 fully saturated rings. The number of aliphatic carboxylic acids is 1. The maximum absolute atomic E-state index is 12.3. The van der Waals surface area contributed by atoms with Crippen molar-refractivity contribution in [3.05, 3.63) is 0 Å². The summed E-state index contributed by atoms with van der Waals surface area (Å²) >= 11 is 0. The maximum atomic E-state index is 12.3. The van der Waals surface area contributed by atoms with Crippen LogP contribution >= 0.6 is 0 Å².